The molecule has 0 aliphatic heterocycles. The lowest BCUT2D eigenvalue weighted by atomic mass is 10.0. The Bertz CT molecular complexity index is 198. The summed E-state index contributed by atoms with van der Waals surface area (Å²) in [5, 5.41) is 3.57. The number of unbranched alkanes of at least 4 members (excludes halogenated alkanes) is 8. The lowest BCUT2D eigenvalue weighted by Gasteiger charge is -2.07. The van der Waals surface area contributed by atoms with Crippen LogP contribution in [0.4, 0.5) is 0 Å². The normalized spacial score (nSPS) is 10.9. The zero-order valence-corrected chi connectivity index (χ0v) is 14.3. The van der Waals surface area contributed by atoms with Gasteiger partial charge >= 0.3 is 0 Å². The Labute approximate surface area is 128 Å². The van der Waals surface area contributed by atoms with E-state index in [2.05, 4.69) is 25.7 Å². The van der Waals surface area contributed by atoms with E-state index in [1.165, 1.54) is 102 Å². The predicted octanol–water partition coefficient (Wildman–Crippen LogP) is 6.24. The van der Waals surface area contributed by atoms with Crippen LogP contribution in [-0.4, -0.2) is 13.1 Å². The van der Waals surface area contributed by atoms with Crippen LogP contribution in [0.25, 0.3) is 0 Å². The fourth-order valence-corrected chi connectivity index (χ4v) is 2.55. The third kappa shape index (κ3) is 15.8. The van der Waals surface area contributed by atoms with Crippen LogP contribution < -0.4 is 5.32 Å². The van der Waals surface area contributed by atoms with Crippen molar-refractivity contribution < 1.29 is 0 Å². The SMILES string of the molecule is C=C(CCCCCC)CCCNCCCCCCCC. The molecule has 0 heterocycles. The first kappa shape index (κ1) is 19.7. The Morgan fingerprint density at radius 1 is 0.650 bits per heavy atom. The summed E-state index contributed by atoms with van der Waals surface area (Å²) in [7, 11) is 0. The van der Waals surface area contributed by atoms with Gasteiger partial charge in [-0.3, -0.25) is 0 Å². The van der Waals surface area contributed by atoms with Crippen LogP contribution >= 0.6 is 0 Å². The standard InChI is InChI=1S/C19H39N/c1-4-6-8-10-11-13-17-20-18-14-16-19(3)15-12-9-7-5-2/h20H,3-18H2,1-2H3. The minimum atomic E-state index is 1.17. The number of allylic oxidation sites excluding steroid dienone is 1. The van der Waals surface area contributed by atoms with Gasteiger partial charge in [-0.1, -0.05) is 77.4 Å². The summed E-state index contributed by atoms with van der Waals surface area (Å²) in [5.74, 6) is 0. The quantitative estimate of drug-likeness (QED) is 0.261. The third-order valence-electron chi connectivity index (χ3n) is 3.97. The first-order valence-corrected chi connectivity index (χ1v) is 9.18. The minimum absolute atomic E-state index is 1.17. The molecule has 0 saturated carbocycles. The molecule has 0 aliphatic rings. The van der Waals surface area contributed by atoms with Gasteiger partial charge in [0, 0.05) is 0 Å². The summed E-state index contributed by atoms with van der Waals surface area (Å²) in [6.07, 6.45) is 17.5. The van der Waals surface area contributed by atoms with Crippen molar-refractivity contribution in [2.75, 3.05) is 13.1 Å². The molecule has 0 unspecified atom stereocenters. The van der Waals surface area contributed by atoms with E-state index in [4.69, 9.17) is 0 Å². The number of rotatable bonds is 16. The van der Waals surface area contributed by atoms with E-state index < -0.39 is 0 Å². The fourth-order valence-electron chi connectivity index (χ4n) is 2.55. The molecule has 0 atom stereocenters. The zero-order valence-electron chi connectivity index (χ0n) is 14.3. The summed E-state index contributed by atoms with van der Waals surface area (Å²) in [5.41, 5.74) is 1.46. The highest BCUT2D eigenvalue weighted by Crippen LogP contribution is 2.12. The van der Waals surface area contributed by atoms with Gasteiger partial charge in [-0.25, -0.2) is 0 Å². The van der Waals surface area contributed by atoms with Crippen LogP contribution in [0.3, 0.4) is 0 Å². The Morgan fingerprint density at radius 3 is 1.85 bits per heavy atom. The second kappa shape index (κ2) is 16.8. The monoisotopic (exact) mass is 281 g/mol. The van der Waals surface area contributed by atoms with Crippen LogP contribution in [-0.2, 0) is 0 Å². The van der Waals surface area contributed by atoms with Crippen molar-refractivity contribution in [3.05, 3.63) is 12.2 Å². The van der Waals surface area contributed by atoms with E-state index in [-0.39, 0.29) is 0 Å². The zero-order chi connectivity index (χ0) is 14.9. The lowest BCUT2D eigenvalue weighted by molar-refractivity contribution is 0.562. The lowest BCUT2D eigenvalue weighted by Crippen LogP contribution is -2.16. The highest BCUT2D eigenvalue weighted by atomic mass is 14.8. The molecule has 0 saturated heterocycles. The van der Waals surface area contributed by atoms with Crippen molar-refractivity contribution in [1.82, 2.24) is 5.32 Å². The molecule has 1 N–H and O–H groups in total. The topological polar surface area (TPSA) is 12.0 Å². The summed E-state index contributed by atoms with van der Waals surface area (Å²) in [6, 6.07) is 0. The van der Waals surface area contributed by atoms with Gasteiger partial charge in [-0.05, 0) is 45.2 Å². The van der Waals surface area contributed by atoms with E-state index in [0.29, 0.717) is 0 Å². The highest BCUT2D eigenvalue weighted by Gasteiger charge is 1.96. The molecule has 120 valence electrons. The van der Waals surface area contributed by atoms with Crippen LogP contribution in [0, 0.1) is 0 Å². The smallest absolute Gasteiger partial charge is 0.00459 e. The Balaban J connectivity index is 3.09. The Kier molecular flexibility index (Phi) is 16.5. The predicted molar refractivity (Wildman–Crippen MR) is 93.4 cm³/mol. The van der Waals surface area contributed by atoms with E-state index in [0.717, 1.165) is 0 Å². The van der Waals surface area contributed by atoms with E-state index in [9.17, 15) is 0 Å². The molecule has 0 fully saturated rings. The van der Waals surface area contributed by atoms with E-state index in [1.807, 2.05) is 0 Å². The molecular weight excluding hydrogens is 242 g/mol. The van der Waals surface area contributed by atoms with Crippen molar-refractivity contribution >= 4 is 0 Å². The molecule has 0 aromatic rings. The fraction of sp³-hybridized carbons (Fsp3) is 0.895. The summed E-state index contributed by atoms with van der Waals surface area (Å²) in [6.45, 7) is 11.1. The molecule has 1 nitrogen and oxygen atoms in total. The third-order valence-corrected chi connectivity index (χ3v) is 3.97. The van der Waals surface area contributed by atoms with Gasteiger partial charge < -0.3 is 5.32 Å². The molecule has 0 aliphatic carbocycles. The number of hydrogen-bond donors (Lipinski definition) is 1. The molecule has 0 aromatic carbocycles. The van der Waals surface area contributed by atoms with Crippen molar-refractivity contribution in [3.8, 4) is 0 Å². The first-order chi connectivity index (χ1) is 9.81. The second-order valence-electron chi connectivity index (χ2n) is 6.18. The van der Waals surface area contributed by atoms with Gasteiger partial charge in [0.25, 0.3) is 0 Å². The molecule has 20 heavy (non-hydrogen) atoms. The van der Waals surface area contributed by atoms with Crippen LogP contribution in [0.1, 0.15) is 97.3 Å². The molecule has 0 spiro atoms. The van der Waals surface area contributed by atoms with Gasteiger partial charge in [0.2, 0.25) is 0 Å². The second-order valence-corrected chi connectivity index (χ2v) is 6.18. The summed E-state index contributed by atoms with van der Waals surface area (Å²) >= 11 is 0. The molecule has 0 bridgehead atoms. The molecule has 1 heteroatoms. The maximum atomic E-state index is 4.20. The van der Waals surface area contributed by atoms with Gasteiger partial charge in [0.15, 0.2) is 0 Å². The van der Waals surface area contributed by atoms with Crippen molar-refractivity contribution in [2.24, 2.45) is 0 Å². The molecule has 0 amide bonds. The van der Waals surface area contributed by atoms with Gasteiger partial charge in [0.1, 0.15) is 0 Å². The molecular formula is C19H39N. The molecule has 0 aromatic heterocycles. The average molecular weight is 282 g/mol. The summed E-state index contributed by atoms with van der Waals surface area (Å²) < 4.78 is 0. The maximum Gasteiger partial charge on any atom is -0.00459 e. The average Bonchev–Trinajstić information content (AvgIpc) is 2.45. The first-order valence-electron chi connectivity index (χ1n) is 9.18. The molecule has 0 rings (SSSR count). The highest BCUT2D eigenvalue weighted by molar-refractivity contribution is 4.93. The van der Waals surface area contributed by atoms with E-state index >= 15 is 0 Å². The van der Waals surface area contributed by atoms with Gasteiger partial charge in [-0.2, -0.15) is 0 Å². The van der Waals surface area contributed by atoms with Crippen LogP contribution in [0.5, 0.6) is 0 Å². The maximum absolute atomic E-state index is 4.20. The molecule has 0 radical (unpaired) electrons. The number of nitrogens with one attached hydrogen (secondary N) is 1. The minimum Gasteiger partial charge on any atom is -0.317 e. The van der Waals surface area contributed by atoms with E-state index in [1.54, 1.807) is 0 Å². The largest absolute Gasteiger partial charge is 0.317 e. The van der Waals surface area contributed by atoms with Crippen LogP contribution in [0.2, 0.25) is 0 Å². The van der Waals surface area contributed by atoms with Crippen molar-refractivity contribution in [1.29, 1.82) is 0 Å². The van der Waals surface area contributed by atoms with Gasteiger partial charge in [0.05, 0.1) is 0 Å². The van der Waals surface area contributed by atoms with Crippen molar-refractivity contribution in [3.63, 3.8) is 0 Å². The number of hydrogen-bond acceptors (Lipinski definition) is 1. The summed E-state index contributed by atoms with van der Waals surface area (Å²) in [4.78, 5) is 0. The Hall–Kier alpha value is -0.300. The van der Waals surface area contributed by atoms with Crippen molar-refractivity contribution in [2.45, 2.75) is 97.3 Å². The Morgan fingerprint density at radius 2 is 1.15 bits per heavy atom. The van der Waals surface area contributed by atoms with Crippen LogP contribution in [0.15, 0.2) is 12.2 Å². The van der Waals surface area contributed by atoms with Gasteiger partial charge in [-0.15, -0.1) is 0 Å².